The predicted octanol–water partition coefficient (Wildman–Crippen LogP) is 4.17. The van der Waals surface area contributed by atoms with Crippen LogP contribution in [0, 0.1) is 23.0 Å². The van der Waals surface area contributed by atoms with Crippen LogP contribution in [0.4, 0.5) is 14.5 Å². The molecular weight excluding hydrogens is 474 g/mol. The van der Waals surface area contributed by atoms with Crippen molar-refractivity contribution in [3.05, 3.63) is 99.7 Å². The van der Waals surface area contributed by atoms with E-state index >= 15 is 4.39 Å². The molecule has 4 aromatic rings. The van der Waals surface area contributed by atoms with Crippen molar-refractivity contribution >= 4 is 16.7 Å². The molecule has 0 amide bonds. The van der Waals surface area contributed by atoms with Crippen molar-refractivity contribution in [2.45, 2.75) is 32.0 Å². The Bertz CT molecular complexity index is 1560. The normalized spacial score (nSPS) is 19.1. The minimum absolute atomic E-state index is 0.0891. The fourth-order valence-electron chi connectivity index (χ4n) is 5.19. The monoisotopic (exact) mass is 500 g/mol. The molecule has 4 heterocycles. The number of halogens is 2. The number of nitrogens with zero attached hydrogens (tertiary/aromatic N) is 6. The summed E-state index contributed by atoms with van der Waals surface area (Å²) in [6, 6.07) is 15.3. The average Bonchev–Trinajstić information content (AvgIpc) is 2.90. The summed E-state index contributed by atoms with van der Waals surface area (Å²) in [7, 11) is 1.68. The molecule has 9 heteroatoms. The highest BCUT2D eigenvalue weighted by molar-refractivity contribution is 5.89. The molecule has 1 aliphatic heterocycles. The third kappa shape index (κ3) is 4.45. The van der Waals surface area contributed by atoms with Gasteiger partial charge in [-0.2, -0.15) is 5.26 Å². The Morgan fingerprint density at radius 3 is 2.51 bits per heavy atom. The van der Waals surface area contributed by atoms with E-state index in [4.69, 9.17) is 0 Å². The van der Waals surface area contributed by atoms with Gasteiger partial charge in [0.05, 0.1) is 22.9 Å². The van der Waals surface area contributed by atoms with E-state index in [0.29, 0.717) is 29.8 Å². The molecule has 1 saturated heterocycles. The largest absolute Gasteiger partial charge is 0.364 e. The summed E-state index contributed by atoms with van der Waals surface area (Å²) in [4.78, 5) is 26.0. The number of anilines is 1. The molecule has 1 aliphatic rings. The number of benzene rings is 1. The second-order valence-corrected chi connectivity index (χ2v) is 9.47. The standard InChI is InChI=1S/C28H26F2N6O/c1-17-16-36(28(19-6-8-20(29)9-7-19)26-22(30)5-4-12-32-26)18(2)15-35(17)24-13-25(37)34(3)23-11-10-21(14-31)33-27(23)24/h4-13,17-18,28H,15-16H2,1-3H3/t17-,18?,28?/m0/s1. The van der Waals surface area contributed by atoms with Crippen LogP contribution in [0.5, 0.6) is 0 Å². The molecule has 0 bridgehead atoms. The van der Waals surface area contributed by atoms with E-state index in [1.165, 1.54) is 22.8 Å². The van der Waals surface area contributed by atoms with Gasteiger partial charge in [0, 0.05) is 44.5 Å². The van der Waals surface area contributed by atoms with Crippen molar-refractivity contribution in [3.63, 3.8) is 0 Å². The van der Waals surface area contributed by atoms with Gasteiger partial charge < -0.3 is 9.47 Å². The lowest BCUT2D eigenvalue weighted by Gasteiger charge is -2.48. The Hall–Kier alpha value is -4.16. The van der Waals surface area contributed by atoms with Gasteiger partial charge in [-0.15, -0.1) is 0 Å². The van der Waals surface area contributed by atoms with Crippen molar-refractivity contribution in [1.82, 2.24) is 19.4 Å². The topological polar surface area (TPSA) is 78.0 Å². The van der Waals surface area contributed by atoms with Crippen molar-refractivity contribution in [2.24, 2.45) is 7.05 Å². The zero-order valence-electron chi connectivity index (χ0n) is 20.8. The van der Waals surface area contributed by atoms with Crippen LogP contribution in [-0.4, -0.2) is 44.6 Å². The van der Waals surface area contributed by atoms with E-state index in [2.05, 4.69) is 25.8 Å². The number of aromatic nitrogens is 3. The fourth-order valence-corrected chi connectivity index (χ4v) is 5.19. The SMILES string of the molecule is CC1CN(c2cc(=O)n(C)c3ccc(C#N)nc23)[C@@H](C)CN1C(c1ccc(F)cc1)c1ncccc1F. The van der Waals surface area contributed by atoms with Crippen LogP contribution in [0.25, 0.3) is 11.0 Å². The van der Waals surface area contributed by atoms with Crippen molar-refractivity contribution in [1.29, 1.82) is 5.26 Å². The Morgan fingerprint density at radius 1 is 1.05 bits per heavy atom. The second-order valence-electron chi connectivity index (χ2n) is 9.47. The van der Waals surface area contributed by atoms with Gasteiger partial charge in [0.15, 0.2) is 0 Å². The van der Waals surface area contributed by atoms with E-state index in [9.17, 15) is 14.4 Å². The van der Waals surface area contributed by atoms with Gasteiger partial charge in [0.2, 0.25) is 0 Å². The first-order valence-electron chi connectivity index (χ1n) is 12.1. The van der Waals surface area contributed by atoms with Gasteiger partial charge in [0.1, 0.15) is 28.9 Å². The molecule has 0 spiro atoms. The first-order valence-corrected chi connectivity index (χ1v) is 12.1. The highest BCUT2D eigenvalue weighted by Crippen LogP contribution is 2.36. The van der Waals surface area contributed by atoms with E-state index in [1.54, 1.807) is 49.6 Å². The molecular formula is C28H26F2N6O. The number of rotatable bonds is 4. The van der Waals surface area contributed by atoms with Crippen LogP contribution in [0.15, 0.2) is 65.6 Å². The summed E-state index contributed by atoms with van der Waals surface area (Å²) in [5.41, 5.74) is 3.01. The van der Waals surface area contributed by atoms with Gasteiger partial charge in [-0.05, 0) is 55.8 Å². The third-order valence-electron chi connectivity index (χ3n) is 7.09. The molecule has 5 rings (SSSR count). The molecule has 0 N–H and O–H groups in total. The zero-order valence-corrected chi connectivity index (χ0v) is 20.8. The lowest BCUT2D eigenvalue weighted by molar-refractivity contribution is 0.125. The van der Waals surface area contributed by atoms with Crippen LogP contribution in [0.3, 0.4) is 0 Å². The molecule has 0 aliphatic carbocycles. The average molecular weight is 501 g/mol. The summed E-state index contributed by atoms with van der Waals surface area (Å²) in [6.07, 6.45) is 1.56. The van der Waals surface area contributed by atoms with E-state index < -0.39 is 11.9 Å². The van der Waals surface area contributed by atoms with E-state index in [0.717, 1.165) is 5.56 Å². The Balaban J connectivity index is 1.57. The van der Waals surface area contributed by atoms with Gasteiger partial charge >= 0.3 is 0 Å². The van der Waals surface area contributed by atoms with Crippen LogP contribution in [0.1, 0.15) is 36.8 Å². The van der Waals surface area contributed by atoms with Crippen molar-refractivity contribution < 1.29 is 8.78 Å². The zero-order chi connectivity index (χ0) is 26.3. The van der Waals surface area contributed by atoms with Crippen LogP contribution < -0.4 is 10.5 Å². The molecule has 0 saturated carbocycles. The van der Waals surface area contributed by atoms with E-state index in [1.807, 2.05) is 13.8 Å². The predicted molar refractivity (Wildman–Crippen MR) is 137 cm³/mol. The third-order valence-corrected chi connectivity index (χ3v) is 7.09. The molecule has 3 atom stereocenters. The number of fused-ring (bicyclic) bond motifs is 1. The highest BCUT2D eigenvalue weighted by Gasteiger charge is 2.37. The first kappa shape index (κ1) is 24.5. The molecule has 188 valence electrons. The summed E-state index contributed by atoms with van der Waals surface area (Å²) >= 11 is 0. The molecule has 2 unspecified atom stereocenters. The maximum atomic E-state index is 15.0. The van der Waals surface area contributed by atoms with Gasteiger partial charge in [-0.1, -0.05) is 12.1 Å². The minimum atomic E-state index is -0.523. The number of hydrogen-bond acceptors (Lipinski definition) is 6. The Labute approximate surface area is 213 Å². The smallest absolute Gasteiger partial charge is 0.252 e. The first-order chi connectivity index (χ1) is 17.8. The van der Waals surface area contributed by atoms with Gasteiger partial charge in [-0.25, -0.2) is 13.8 Å². The summed E-state index contributed by atoms with van der Waals surface area (Å²) < 4.78 is 30.3. The van der Waals surface area contributed by atoms with Crippen LogP contribution in [-0.2, 0) is 7.05 Å². The number of aryl methyl sites for hydroxylation is 1. The van der Waals surface area contributed by atoms with Crippen LogP contribution >= 0.6 is 0 Å². The maximum absolute atomic E-state index is 15.0. The Kier molecular flexibility index (Phi) is 6.44. The second kappa shape index (κ2) is 9.71. The molecule has 7 nitrogen and oxygen atoms in total. The molecule has 0 radical (unpaired) electrons. The lowest BCUT2D eigenvalue weighted by atomic mass is 9.96. The quantitative estimate of drug-likeness (QED) is 0.419. The highest BCUT2D eigenvalue weighted by atomic mass is 19.1. The van der Waals surface area contributed by atoms with Crippen molar-refractivity contribution in [2.75, 3.05) is 18.0 Å². The summed E-state index contributed by atoms with van der Waals surface area (Å²) in [6.45, 7) is 5.11. The number of piperazine rings is 1. The minimum Gasteiger partial charge on any atom is -0.364 e. The molecule has 37 heavy (non-hydrogen) atoms. The summed E-state index contributed by atoms with van der Waals surface area (Å²) in [5, 5.41) is 9.41. The van der Waals surface area contributed by atoms with Gasteiger partial charge in [0.25, 0.3) is 5.56 Å². The summed E-state index contributed by atoms with van der Waals surface area (Å²) in [5.74, 6) is -0.790. The number of nitriles is 1. The molecule has 3 aromatic heterocycles. The lowest BCUT2D eigenvalue weighted by Crippen LogP contribution is -2.58. The maximum Gasteiger partial charge on any atom is 0.252 e. The fraction of sp³-hybridized carbons (Fsp3) is 0.286. The molecule has 1 aromatic carbocycles. The van der Waals surface area contributed by atoms with E-state index in [-0.39, 0.29) is 34.8 Å². The van der Waals surface area contributed by atoms with Crippen LogP contribution in [0.2, 0.25) is 0 Å². The Morgan fingerprint density at radius 2 is 1.81 bits per heavy atom. The number of hydrogen-bond donors (Lipinski definition) is 0. The number of pyridine rings is 3. The van der Waals surface area contributed by atoms with Gasteiger partial charge in [-0.3, -0.25) is 14.7 Å². The van der Waals surface area contributed by atoms with Crippen molar-refractivity contribution in [3.8, 4) is 6.07 Å². The molecule has 1 fully saturated rings.